The van der Waals surface area contributed by atoms with Crippen LogP contribution in [0.15, 0.2) is 10.7 Å². The second-order valence-corrected chi connectivity index (χ2v) is 3.65. The molecule has 3 nitrogen and oxygen atoms in total. The van der Waals surface area contributed by atoms with Crippen molar-refractivity contribution in [2.75, 3.05) is 0 Å². The summed E-state index contributed by atoms with van der Waals surface area (Å²) in [5.74, 6) is -1.49. The van der Waals surface area contributed by atoms with Gasteiger partial charge in [-0.25, -0.2) is 13.6 Å². The van der Waals surface area contributed by atoms with Crippen molar-refractivity contribution in [3.63, 3.8) is 0 Å². The number of carbonyl (C=O) groups is 1. The highest BCUT2D eigenvalue weighted by Crippen LogP contribution is 2.31. The Morgan fingerprint density at radius 2 is 2.27 bits per heavy atom. The third-order valence-electron chi connectivity index (χ3n) is 1.70. The van der Waals surface area contributed by atoms with E-state index in [1.807, 2.05) is 0 Å². The van der Waals surface area contributed by atoms with E-state index in [9.17, 15) is 13.6 Å². The SMILES string of the molecule is O=C(O)c1c(CCl)ncc(C(F)F)c1Br. The third kappa shape index (κ3) is 2.43. The molecular weight excluding hydrogens is 295 g/mol. The van der Waals surface area contributed by atoms with E-state index in [0.29, 0.717) is 0 Å². The number of aromatic nitrogens is 1. The molecule has 0 amide bonds. The Labute approximate surface area is 97.2 Å². The summed E-state index contributed by atoms with van der Waals surface area (Å²) in [6.45, 7) is 0. The Hall–Kier alpha value is -0.750. The molecule has 0 bridgehead atoms. The van der Waals surface area contributed by atoms with Gasteiger partial charge in [-0.2, -0.15) is 0 Å². The average Bonchev–Trinajstić information content (AvgIpc) is 2.15. The monoisotopic (exact) mass is 299 g/mol. The van der Waals surface area contributed by atoms with Gasteiger partial charge in [-0.05, 0) is 15.9 Å². The van der Waals surface area contributed by atoms with Crippen LogP contribution < -0.4 is 0 Å². The van der Waals surface area contributed by atoms with Gasteiger partial charge in [0.05, 0.1) is 22.7 Å². The van der Waals surface area contributed by atoms with Crippen LogP contribution in [0.2, 0.25) is 0 Å². The van der Waals surface area contributed by atoms with E-state index in [1.165, 1.54) is 0 Å². The number of pyridine rings is 1. The summed E-state index contributed by atoms with van der Waals surface area (Å²) in [5, 5.41) is 8.81. The molecule has 0 unspecified atom stereocenters. The summed E-state index contributed by atoms with van der Waals surface area (Å²) in [5.41, 5.74) is -0.718. The Balaban J connectivity index is 3.42. The summed E-state index contributed by atoms with van der Waals surface area (Å²) < 4.78 is 24.7. The molecule has 0 atom stereocenters. The summed E-state index contributed by atoms with van der Waals surface area (Å²) in [4.78, 5) is 14.4. The van der Waals surface area contributed by atoms with Crippen molar-refractivity contribution in [2.24, 2.45) is 0 Å². The number of hydrogen-bond acceptors (Lipinski definition) is 2. The van der Waals surface area contributed by atoms with E-state index >= 15 is 0 Å². The van der Waals surface area contributed by atoms with Crippen molar-refractivity contribution >= 4 is 33.5 Å². The summed E-state index contributed by atoms with van der Waals surface area (Å²) >= 11 is 8.26. The van der Waals surface area contributed by atoms with Gasteiger partial charge in [0.25, 0.3) is 6.43 Å². The van der Waals surface area contributed by atoms with E-state index in [4.69, 9.17) is 16.7 Å². The fraction of sp³-hybridized carbons (Fsp3) is 0.250. The number of halogens is 4. The highest BCUT2D eigenvalue weighted by Gasteiger charge is 2.22. The topological polar surface area (TPSA) is 50.2 Å². The second kappa shape index (κ2) is 4.85. The van der Waals surface area contributed by atoms with Gasteiger partial charge in [0.2, 0.25) is 0 Å². The van der Waals surface area contributed by atoms with Crippen LogP contribution in [0.5, 0.6) is 0 Å². The maximum Gasteiger partial charge on any atom is 0.338 e. The van der Waals surface area contributed by atoms with Crippen molar-refractivity contribution in [2.45, 2.75) is 12.3 Å². The van der Waals surface area contributed by atoms with Gasteiger partial charge in [0, 0.05) is 10.7 Å². The molecule has 1 N–H and O–H groups in total. The first kappa shape index (κ1) is 12.3. The van der Waals surface area contributed by atoms with Crippen molar-refractivity contribution in [1.29, 1.82) is 0 Å². The summed E-state index contributed by atoms with van der Waals surface area (Å²) in [6.07, 6.45) is -1.87. The smallest absolute Gasteiger partial charge is 0.338 e. The zero-order valence-corrected chi connectivity index (χ0v) is 9.52. The quantitative estimate of drug-likeness (QED) is 0.872. The lowest BCUT2D eigenvalue weighted by molar-refractivity contribution is 0.0693. The Kier molecular flexibility index (Phi) is 3.98. The Morgan fingerprint density at radius 1 is 1.67 bits per heavy atom. The van der Waals surface area contributed by atoms with Crippen LogP contribution in [-0.2, 0) is 5.88 Å². The lowest BCUT2D eigenvalue weighted by atomic mass is 10.1. The van der Waals surface area contributed by atoms with E-state index in [2.05, 4.69) is 20.9 Å². The van der Waals surface area contributed by atoms with Crippen LogP contribution in [0.4, 0.5) is 8.78 Å². The molecule has 1 rings (SSSR count). The largest absolute Gasteiger partial charge is 0.478 e. The molecule has 0 saturated heterocycles. The molecule has 7 heteroatoms. The number of carboxylic acid groups (broad SMARTS) is 1. The number of aromatic carboxylic acids is 1. The van der Waals surface area contributed by atoms with E-state index in [0.717, 1.165) is 6.20 Å². The maximum atomic E-state index is 12.4. The minimum atomic E-state index is -2.78. The van der Waals surface area contributed by atoms with Crippen molar-refractivity contribution < 1.29 is 18.7 Å². The highest BCUT2D eigenvalue weighted by atomic mass is 79.9. The summed E-state index contributed by atoms with van der Waals surface area (Å²) in [7, 11) is 0. The zero-order chi connectivity index (χ0) is 11.6. The van der Waals surface area contributed by atoms with Crippen LogP contribution in [0, 0.1) is 0 Å². The van der Waals surface area contributed by atoms with Crippen LogP contribution in [0.25, 0.3) is 0 Å². The third-order valence-corrected chi connectivity index (χ3v) is 2.80. The molecule has 0 saturated carbocycles. The first-order chi connectivity index (χ1) is 6.99. The molecule has 0 aliphatic heterocycles. The molecule has 1 aromatic rings. The van der Waals surface area contributed by atoms with Gasteiger partial charge in [0.15, 0.2) is 0 Å². The second-order valence-electron chi connectivity index (χ2n) is 2.59. The van der Waals surface area contributed by atoms with Crippen LogP contribution in [-0.4, -0.2) is 16.1 Å². The predicted octanol–water partition coefficient (Wildman–Crippen LogP) is 3.22. The van der Waals surface area contributed by atoms with Gasteiger partial charge in [-0.3, -0.25) is 4.98 Å². The van der Waals surface area contributed by atoms with E-state index in [-0.39, 0.29) is 21.6 Å². The van der Waals surface area contributed by atoms with Gasteiger partial charge >= 0.3 is 5.97 Å². The van der Waals surface area contributed by atoms with Crippen molar-refractivity contribution in [3.8, 4) is 0 Å². The van der Waals surface area contributed by atoms with E-state index in [1.54, 1.807) is 0 Å². The molecule has 82 valence electrons. The lowest BCUT2D eigenvalue weighted by Crippen LogP contribution is -2.07. The molecule has 0 fully saturated rings. The number of alkyl halides is 3. The highest BCUT2D eigenvalue weighted by molar-refractivity contribution is 9.10. The Bertz CT molecular complexity index is 400. The first-order valence-corrected chi connectivity index (χ1v) is 5.06. The average molecular weight is 300 g/mol. The molecular formula is C8H5BrClF2NO2. The molecule has 0 radical (unpaired) electrons. The minimum absolute atomic E-state index is 0.0560. The predicted molar refractivity (Wildman–Crippen MR) is 53.4 cm³/mol. The normalized spacial score (nSPS) is 10.7. The van der Waals surface area contributed by atoms with Crippen molar-refractivity contribution in [1.82, 2.24) is 4.98 Å². The molecule has 1 heterocycles. The van der Waals surface area contributed by atoms with Gasteiger partial charge in [0.1, 0.15) is 0 Å². The minimum Gasteiger partial charge on any atom is -0.478 e. The number of carboxylic acids is 1. The molecule has 15 heavy (non-hydrogen) atoms. The first-order valence-electron chi connectivity index (χ1n) is 3.73. The Morgan fingerprint density at radius 3 is 2.67 bits per heavy atom. The number of rotatable bonds is 3. The van der Waals surface area contributed by atoms with E-state index < -0.39 is 18.0 Å². The molecule has 1 aromatic heterocycles. The molecule has 0 spiro atoms. The van der Waals surface area contributed by atoms with Crippen LogP contribution in [0.1, 0.15) is 28.0 Å². The number of hydrogen-bond donors (Lipinski definition) is 1. The number of nitrogens with zero attached hydrogens (tertiary/aromatic N) is 1. The summed E-state index contributed by atoms with van der Waals surface area (Å²) in [6, 6.07) is 0. The van der Waals surface area contributed by atoms with Crippen molar-refractivity contribution in [3.05, 3.63) is 27.5 Å². The van der Waals surface area contributed by atoms with Gasteiger partial charge in [-0.15, -0.1) is 11.6 Å². The van der Waals surface area contributed by atoms with Crippen LogP contribution >= 0.6 is 27.5 Å². The molecule has 0 aliphatic rings. The molecule has 0 aliphatic carbocycles. The maximum absolute atomic E-state index is 12.4. The van der Waals surface area contributed by atoms with Gasteiger partial charge in [-0.1, -0.05) is 0 Å². The molecule has 0 aromatic carbocycles. The fourth-order valence-electron chi connectivity index (χ4n) is 1.01. The standard InChI is InChI=1S/C8H5BrClF2NO2/c9-6-3(7(11)12)2-13-4(1-10)5(6)8(14)15/h2,7H,1H2,(H,14,15). The fourth-order valence-corrected chi connectivity index (χ4v) is 1.89. The van der Waals surface area contributed by atoms with Crippen LogP contribution in [0.3, 0.4) is 0 Å². The zero-order valence-electron chi connectivity index (χ0n) is 7.18. The van der Waals surface area contributed by atoms with Gasteiger partial charge < -0.3 is 5.11 Å². The lowest BCUT2D eigenvalue weighted by Gasteiger charge is -2.08.